The van der Waals surface area contributed by atoms with E-state index >= 15 is 0 Å². The van der Waals surface area contributed by atoms with Gasteiger partial charge in [0.15, 0.2) is 5.52 Å². The molecule has 0 aliphatic rings. The molecular formula is C22H21O3P. The zero-order valence-electron chi connectivity index (χ0n) is 15.1. The average Bonchev–Trinajstić information content (AvgIpc) is 2.64. The smallest absolute Gasteiger partial charge is 0.193 e. The van der Waals surface area contributed by atoms with E-state index < -0.39 is 7.92 Å². The van der Waals surface area contributed by atoms with Gasteiger partial charge in [0, 0.05) is 23.4 Å². The van der Waals surface area contributed by atoms with Crippen LogP contribution in [0.1, 0.15) is 27.0 Å². The van der Waals surface area contributed by atoms with Gasteiger partial charge in [-0.05, 0) is 42.5 Å². The SMILES string of the molecule is Cc1cc(C)c(C(=O)P(c2ccccc2)c2ccccc2)c(C)c1.O=O. The summed E-state index contributed by atoms with van der Waals surface area (Å²) in [5.74, 6) is 0. The number of carbonyl (C=O) groups excluding carboxylic acids is 1. The standard InChI is InChI=1S/C22H21OP.O2/c1-16-14-17(2)21(18(3)15-16)22(23)24(19-10-6-4-7-11-19)20-12-8-5-9-13-20;1-2/h4-15H,1-3H3;. The molecule has 132 valence electrons. The molecule has 3 rings (SSSR count). The van der Waals surface area contributed by atoms with Crippen molar-refractivity contribution in [2.24, 2.45) is 0 Å². The quantitative estimate of drug-likeness (QED) is 0.616. The highest BCUT2D eigenvalue weighted by Crippen LogP contribution is 2.39. The van der Waals surface area contributed by atoms with Gasteiger partial charge in [0.1, 0.15) is 0 Å². The highest BCUT2D eigenvalue weighted by Gasteiger charge is 2.26. The second-order valence-electron chi connectivity index (χ2n) is 6.09. The van der Waals surface area contributed by atoms with Crippen molar-refractivity contribution in [2.45, 2.75) is 20.8 Å². The monoisotopic (exact) mass is 364 g/mol. The number of hydrogen-bond acceptors (Lipinski definition) is 3. The molecule has 0 aliphatic carbocycles. The van der Waals surface area contributed by atoms with Crippen LogP contribution < -0.4 is 10.6 Å². The molecule has 26 heavy (non-hydrogen) atoms. The van der Waals surface area contributed by atoms with Crippen molar-refractivity contribution in [1.82, 2.24) is 0 Å². The fraction of sp³-hybridized carbons (Fsp3) is 0.136. The summed E-state index contributed by atoms with van der Waals surface area (Å²) in [7, 11) is -1.07. The van der Waals surface area contributed by atoms with Crippen molar-refractivity contribution in [3.05, 3.63) is 105 Å². The molecule has 3 aromatic carbocycles. The van der Waals surface area contributed by atoms with Crippen LogP contribution >= 0.6 is 7.92 Å². The third-order valence-corrected chi connectivity index (χ3v) is 6.38. The van der Waals surface area contributed by atoms with E-state index in [9.17, 15) is 4.79 Å². The maximum atomic E-state index is 13.5. The molecule has 3 nitrogen and oxygen atoms in total. The van der Waals surface area contributed by atoms with E-state index in [0.717, 1.165) is 27.3 Å². The second kappa shape index (κ2) is 9.17. The van der Waals surface area contributed by atoms with Gasteiger partial charge >= 0.3 is 0 Å². The average molecular weight is 364 g/mol. The molecule has 0 fully saturated rings. The predicted octanol–water partition coefficient (Wildman–Crippen LogP) is 4.95. The number of benzene rings is 3. The first kappa shape index (κ1) is 19.7. The Bertz CT molecular complexity index is 814. The maximum Gasteiger partial charge on any atom is 0.193 e. The summed E-state index contributed by atoms with van der Waals surface area (Å²) < 4.78 is 0. The van der Waals surface area contributed by atoms with Gasteiger partial charge in [0.2, 0.25) is 0 Å². The van der Waals surface area contributed by atoms with E-state index in [-0.39, 0.29) is 5.52 Å². The van der Waals surface area contributed by atoms with Gasteiger partial charge in [-0.25, -0.2) is 0 Å². The van der Waals surface area contributed by atoms with Crippen molar-refractivity contribution < 1.29 is 4.79 Å². The molecule has 0 N–H and O–H groups in total. The van der Waals surface area contributed by atoms with Gasteiger partial charge in [-0.1, -0.05) is 78.4 Å². The van der Waals surface area contributed by atoms with Crippen LogP contribution in [0.3, 0.4) is 0 Å². The Kier molecular flexibility index (Phi) is 6.94. The largest absolute Gasteiger partial charge is 0.288 e. The highest BCUT2D eigenvalue weighted by molar-refractivity contribution is 7.88. The minimum atomic E-state index is -1.07. The fourth-order valence-corrected chi connectivity index (χ4v) is 5.45. The van der Waals surface area contributed by atoms with Crippen molar-refractivity contribution in [3.8, 4) is 0 Å². The lowest BCUT2D eigenvalue weighted by atomic mass is 10.0. The zero-order valence-corrected chi connectivity index (χ0v) is 16.0. The summed E-state index contributed by atoms with van der Waals surface area (Å²) in [6.07, 6.45) is 0. The van der Waals surface area contributed by atoms with Crippen molar-refractivity contribution in [3.63, 3.8) is 0 Å². The first-order chi connectivity index (χ1) is 12.6. The first-order valence-electron chi connectivity index (χ1n) is 8.27. The number of hydrogen-bond donors (Lipinski definition) is 0. The molecule has 0 bridgehead atoms. The van der Waals surface area contributed by atoms with Crippen LogP contribution in [-0.2, 0) is 0 Å². The topological polar surface area (TPSA) is 51.2 Å². The summed E-state index contributed by atoms with van der Waals surface area (Å²) in [5, 5.41) is 2.20. The number of aryl methyl sites for hydroxylation is 3. The molecule has 0 aromatic heterocycles. The van der Waals surface area contributed by atoms with Gasteiger partial charge in [-0.3, -0.25) is 4.79 Å². The molecule has 0 radical (unpaired) electrons. The summed E-state index contributed by atoms with van der Waals surface area (Å²) in [5.41, 5.74) is 4.44. The molecule has 0 amide bonds. The minimum Gasteiger partial charge on any atom is -0.288 e. The van der Waals surface area contributed by atoms with Crippen molar-refractivity contribution >= 4 is 24.1 Å². The molecule has 0 saturated carbocycles. The van der Waals surface area contributed by atoms with E-state index in [1.54, 1.807) is 0 Å². The van der Waals surface area contributed by atoms with E-state index in [4.69, 9.17) is 9.93 Å². The lowest BCUT2D eigenvalue weighted by molar-refractivity contribution is 0.108. The Morgan fingerprint density at radius 2 is 1.08 bits per heavy atom. The Morgan fingerprint density at radius 3 is 1.46 bits per heavy atom. The van der Waals surface area contributed by atoms with Crippen LogP contribution in [0.5, 0.6) is 0 Å². The highest BCUT2D eigenvalue weighted by atomic mass is 31.1. The lowest BCUT2D eigenvalue weighted by Gasteiger charge is -2.20. The van der Waals surface area contributed by atoms with E-state index in [1.807, 2.05) is 50.2 Å². The molecule has 3 aromatic rings. The van der Waals surface area contributed by atoms with Crippen LogP contribution in [-0.4, -0.2) is 5.52 Å². The van der Waals surface area contributed by atoms with Crippen LogP contribution in [0.2, 0.25) is 0 Å². The molecular weight excluding hydrogens is 343 g/mol. The Labute approximate surface area is 155 Å². The Balaban J connectivity index is 0.00000117. The second-order valence-corrected chi connectivity index (χ2v) is 8.20. The third-order valence-electron chi connectivity index (χ3n) is 4.12. The Morgan fingerprint density at radius 1 is 0.692 bits per heavy atom. The van der Waals surface area contributed by atoms with E-state index in [1.165, 1.54) is 5.56 Å². The molecule has 0 unspecified atom stereocenters. The molecule has 0 aliphatic heterocycles. The summed E-state index contributed by atoms with van der Waals surface area (Å²) in [6.45, 7) is 6.15. The number of carbonyl (C=O) groups is 1. The van der Waals surface area contributed by atoms with Gasteiger partial charge in [-0.15, -0.1) is 0 Å². The fourth-order valence-electron chi connectivity index (χ4n) is 3.17. The van der Waals surface area contributed by atoms with Crippen LogP contribution in [0.4, 0.5) is 0 Å². The first-order valence-corrected chi connectivity index (χ1v) is 9.61. The molecule has 0 spiro atoms. The number of rotatable bonds is 4. The van der Waals surface area contributed by atoms with Crippen LogP contribution in [0, 0.1) is 30.7 Å². The molecule has 4 heteroatoms. The van der Waals surface area contributed by atoms with Crippen molar-refractivity contribution in [1.29, 1.82) is 0 Å². The van der Waals surface area contributed by atoms with Crippen molar-refractivity contribution in [2.75, 3.05) is 0 Å². The molecule has 0 saturated heterocycles. The molecule has 0 atom stereocenters. The normalized spacial score (nSPS) is 10.2. The van der Waals surface area contributed by atoms with E-state index in [0.29, 0.717) is 0 Å². The van der Waals surface area contributed by atoms with Gasteiger partial charge in [-0.2, -0.15) is 0 Å². The van der Waals surface area contributed by atoms with E-state index in [2.05, 4.69) is 43.3 Å². The molecule has 0 heterocycles. The zero-order chi connectivity index (χ0) is 19.1. The van der Waals surface area contributed by atoms with Gasteiger partial charge in [0.25, 0.3) is 0 Å². The summed E-state index contributed by atoms with van der Waals surface area (Å²) >= 11 is 0. The summed E-state index contributed by atoms with van der Waals surface area (Å²) in [4.78, 5) is 27.5. The predicted molar refractivity (Wildman–Crippen MR) is 111 cm³/mol. The Hall–Kier alpha value is -2.64. The minimum absolute atomic E-state index is 0.234. The maximum absolute atomic E-state index is 13.5. The summed E-state index contributed by atoms with van der Waals surface area (Å²) in [6, 6.07) is 24.5. The van der Waals surface area contributed by atoms with Crippen LogP contribution in [0.25, 0.3) is 0 Å². The third kappa shape index (κ3) is 4.30. The van der Waals surface area contributed by atoms with Gasteiger partial charge in [0.05, 0.1) is 0 Å². The van der Waals surface area contributed by atoms with Gasteiger partial charge < -0.3 is 0 Å². The lowest BCUT2D eigenvalue weighted by Crippen LogP contribution is -2.19. The van der Waals surface area contributed by atoms with Crippen LogP contribution in [0.15, 0.2) is 72.8 Å².